The third-order valence-corrected chi connectivity index (χ3v) is 7.54. The molecule has 3 aliphatic rings. The summed E-state index contributed by atoms with van der Waals surface area (Å²) in [5, 5.41) is 0. The van der Waals surface area contributed by atoms with Crippen LogP contribution in [0.1, 0.15) is 79.6 Å². The summed E-state index contributed by atoms with van der Waals surface area (Å²) in [5.74, 6) is -4.33. The van der Waals surface area contributed by atoms with Crippen LogP contribution in [0.25, 0.3) is 0 Å². The summed E-state index contributed by atoms with van der Waals surface area (Å²) in [6, 6.07) is 0. The van der Waals surface area contributed by atoms with E-state index < -0.39 is 58.6 Å². The van der Waals surface area contributed by atoms with E-state index in [9.17, 15) is 13.2 Å². The molecule has 0 radical (unpaired) electrons. The zero-order valence-electron chi connectivity index (χ0n) is 27.0. The molecule has 0 amide bonds. The van der Waals surface area contributed by atoms with Gasteiger partial charge in [-0.3, -0.25) is 4.18 Å². The first-order valence-electron chi connectivity index (χ1n) is 15.5. The van der Waals surface area contributed by atoms with Crippen LogP contribution in [0.4, 0.5) is 0 Å². The topological polar surface area (TPSA) is 128 Å². The molecule has 3 aliphatic heterocycles. The first kappa shape index (κ1) is 37.0. The Bertz CT molecular complexity index is 1230. The smallest absolute Gasteiger partial charge is 0.354 e. The molecule has 11 nitrogen and oxygen atoms in total. The van der Waals surface area contributed by atoms with Crippen LogP contribution in [0.5, 0.6) is 0 Å². The largest absolute Gasteiger partial charge is 0.367 e. The lowest BCUT2D eigenvalue weighted by atomic mass is 9.98. The predicted octanol–water partition coefficient (Wildman–Crippen LogP) is 5.78. The maximum atomic E-state index is 12.4. The first-order chi connectivity index (χ1) is 21.4. The Morgan fingerprint density at radius 1 is 0.778 bits per heavy atom. The molecular formula is C33H49NO10S. The molecular weight excluding hydrogens is 602 g/mol. The molecule has 252 valence electrons. The molecule has 3 heterocycles. The average Bonchev–Trinajstić information content (AvgIpc) is 3.45. The van der Waals surface area contributed by atoms with E-state index in [4.69, 9.17) is 27.9 Å². The molecule has 0 aromatic rings. The second-order valence-electron chi connectivity index (χ2n) is 11.7. The quantitative estimate of drug-likeness (QED) is 0.144. The minimum atomic E-state index is -4.50. The highest BCUT2D eigenvalue weighted by molar-refractivity contribution is 7.84. The standard InChI is InChI=1S/C33H49NO10S/c1-6-7-8-9-10-11-12-13-14-15-16-17-18-19-20-21-22-23-24-28(35)43-34-45(36,37)39-26-33-30(42-32(4,5)44-33)29-27(25-38-33)40-31(2,3)41-29/h7-8,10-11,13-14,16-17,19-20,22-23,27,29-30,34H,6,9,12,15,18,21,24-26H2,1-5H3/b8-7-,11-10-,14-13-,17-16-,20-19-,23-22-/t27-,29-,30+,33+/m1/s1. The van der Waals surface area contributed by atoms with Crippen LogP contribution in [-0.4, -0.2) is 63.3 Å². The fourth-order valence-electron chi connectivity index (χ4n) is 4.97. The third-order valence-electron chi connectivity index (χ3n) is 6.83. The van der Waals surface area contributed by atoms with Gasteiger partial charge in [0.05, 0.1) is 13.0 Å². The van der Waals surface area contributed by atoms with Gasteiger partial charge >= 0.3 is 16.3 Å². The van der Waals surface area contributed by atoms with Crippen LogP contribution in [0, 0.1) is 0 Å². The average molecular weight is 652 g/mol. The van der Waals surface area contributed by atoms with Crippen LogP contribution >= 0.6 is 0 Å². The van der Waals surface area contributed by atoms with Crippen molar-refractivity contribution in [1.82, 2.24) is 4.89 Å². The molecule has 3 saturated heterocycles. The lowest BCUT2D eigenvalue weighted by Crippen LogP contribution is -2.60. The summed E-state index contributed by atoms with van der Waals surface area (Å²) < 4.78 is 59.6. The van der Waals surface area contributed by atoms with Gasteiger partial charge in [0.2, 0.25) is 5.79 Å². The minimum absolute atomic E-state index is 0.0851. The van der Waals surface area contributed by atoms with E-state index in [1.165, 1.54) is 0 Å². The Labute approximate surface area is 268 Å². The Morgan fingerprint density at radius 3 is 1.87 bits per heavy atom. The van der Waals surface area contributed by atoms with Crippen molar-refractivity contribution >= 4 is 16.3 Å². The normalized spacial score (nSPS) is 28.0. The summed E-state index contributed by atoms with van der Waals surface area (Å²) >= 11 is 0. The predicted molar refractivity (Wildman–Crippen MR) is 169 cm³/mol. The summed E-state index contributed by atoms with van der Waals surface area (Å²) in [6.07, 6.45) is 28.1. The highest BCUT2D eigenvalue weighted by atomic mass is 32.2. The van der Waals surface area contributed by atoms with E-state index >= 15 is 0 Å². The Kier molecular flexibility index (Phi) is 14.4. The Hall–Kier alpha value is -2.42. The maximum absolute atomic E-state index is 12.4. The van der Waals surface area contributed by atoms with Gasteiger partial charge in [-0.1, -0.05) is 79.8 Å². The molecule has 0 aromatic heterocycles. The number of nitrogens with one attached hydrogen (secondary N) is 1. The molecule has 0 unspecified atom stereocenters. The number of hydrogen-bond donors (Lipinski definition) is 1. The highest BCUT2D eigenvalue weighted by Crippen LogP contribution is 2.47. The zero-order valence-corrected chi connectivity index (χ0v) is 27.8. The lowest BCUT2D eigenvalue weighted by molar-refractivity contribution is -0.290. The van der Waals surface area contributed by atoms with E-state index in [2.05, 4.69) is 60.4 Å². The second kappa shape index (κ2) is 17.5. The van der Waals surface area contributed by atoms with Gasteiger partial charge in [-0.2, -0.15) is 8.42 Å². The molecule has 0 saturated carbocycles. The van der Waals surface area contributed by atoms with E-state index in [-0.39, 0.29) is 13.0 Å². The first-order valence-corrected chi connectivity index (χ1v) is 16.9. The second-order valence-corrected chi connectivity index (χ2v) is 13.0. The molecule has 3 fully saturated rings. The Morgan fingerprint density at radius 2 is 1.31 bits per heavy atom. The van der Waals surface area contributed by atoms with Crippen molar-refractivity contribution < 1.29 is 45.9 Å². The van der Waals surface area contributed by atoms with Gasteiger partial charge < -0.3 is 28.5 Å². The molecule has 0 spiro atoms. The SMILES string of the molecule is CC/C=C\C/C=C\C/C=C\C/C=C\C/C=C\C/C=C\CC(=O)ONS(=O)(=O)OC[C@@]12OC[C@H]3OC(C)(C)O[C@H]3[C@@H]1OC(C)(C)O2. The number of rotatable bonds is 18. The maximum Gasteiger partial charge on any atom is 0.367 e. The van der Waals surface area contributed by atoms with Gasteiger partial charge in [-0.05, 0) is 71.1 Å². The summed E-state index contributed by atoms with van der Waals surface area (Å²) in [4.78, 5) is 18.4. The molecule has 0 aliphatic carbocycles. The van der Waals surface area contributed by atoms with Crippen LogP contribution in [-0.2, 0) is 47.8 Å². The van der Waals surface area contributed by atoms with E-state index in [1.807, 2.05) is 12.2 Å². The van der Waals surface area contributed by atoms with Crippen LogP contribution in [0.3, 0.4) is 0 Å². The molecule has 45 heavy (non-hydrogen) atoms. The van der Waals surface area contributed by atoms with Crippen molar-refractivity contribution in [3.63, 3.8) is 0 Å². The van der Waals surface area contributed by atoms with E-state index in [0.29, 0.717) is 6.42 Å². The summed E-state index contributed by atoms with van der Waals surface area (Å²) in [6.45, 7) is 8.55. The van der Waals surface area contributed by atoms with Crippen molar-refractivity contribution in [2.45, 2.75) is 115 Å². The van der Waals surface area contributed by atoms with E-state index in [1.54, 1.807) is 44.7 Å². The van der Waals surface area contributed by atoms with Crippen molar-refractivity contribution in [3.05, 3.63) is 72.9 Å². The van der Waals surface area contributed by atoms with E-state index in [0.717, 1.165) is 32.1 Å². The van der Waals surface area contributed by atoms with Crippen molar-refractivity contribution in [1.29, 1.82) is 0 Å². The third kappa shape index (κ3) is 12.7. The number of carbonyl (C=O) groups excluding carboxylic acids is 1. The van der Waals surface area contributed by atoms with Crippen LogP contribution < -0.4 is 4.89 Å². The number of carbonyl (C=O) groups is 1. The monoisotopic (exact) mass is 651 g/mol. The number of hydrogen-bond acceptors (Lipinski definition) is 10. The summed E-state index contributed by atoms with van der Waals surface area (Å²) in [5.41, 5.74) is 0. The fraction of sp³-hybridized carbons (Fsp3) is 0.606. The number of allylic oxidation sites excluding steroid dienone is 11. The Balaban J connectivity index is 1.30. The molecule has 4 atom stereocenters. The summed E-state index contributed by atoms with van der Waals surface area (Å²) in [7, 11) is -4.50. The highest BCUT2D eigenvalue weighted by Gasteiger charge is 2.65. The molecule has 1 N–H and O–H groups in total. The lowest BCUT2D eigenvalue weighted by Gasteiger charge is -2.40. The van der Waals surface area contributed by atoms with Gasteiger partial charge in [-0.25, -0.2) is 4.79 Å². The number of fused-ring (bicyclic) bond motifs is 3. The van der Waals surface area contributed by atoms with Gasteiger partial charge in [-0.15, -0.1) is 0 Å². The molecule has 3 rings (SSSR count). The van der Waals surface area contributed by atoms with Crippen molar-refractivity contribution in [2.75, 3.05) is 13.2 Å². The molecule has 0 aromatic carbocycles. The molecule has 12 heteroatoms. The zero-order chi connectivity index (χ0) is 32.8. The van der Waals surface area contributed by atoms with Gasteiger partial charge in [0.15, 0.2) is 11.6 Å². The minimum Gasteiger partial charge on any atom is -0.354 e. The fourth-order valence-corrected chi connectivity index (χ4v) is 5.53. The van der Waals surface area contributed by atoms with Gasteiger partial charge in [0.1, 0.15) is 24.9 Å². The van der Waals surface area contributed by atoms with Crippen LogP contribution in [0.2, 0.25) is 0 Å². The van der Waals surface area contributed by atoms with Crippen LogP contribution in [0.15, 0.2) is 72.9 Å². The van der Waals surface area contributed by atoms with Gasteiger partial charge in [0, 0.05) is 0 Å². The molecule has 0 bridgehead atoms. The van der Waals surface area contributed by atoms with Crippen molar-refractivity contribution in [3.8, 4) is 0 Å². The van der Waals surface area contributed by atoms with Crippen molar-refractivity contribution in [2.24, 2.45) is 0 Å². The number of ether oxygens (including phenoxy) is 5. The van der Waals surface area contributed by atoms with Gasteiger partial charge in [0.25, 0.3) is 0 Å².